The fourth-order valence-electron chi connectivity index (χ4n) is 1.95. The Hall–Kier alpha value is -0.800. The third-order valence-electron chi connectivity index (χ3n) is 2.65. The van der Waals surface area contributed by atoms with Crippen LogP contribution in [0.4, 0.5) is 9.18 Å². The number of alkyl halides is 1. The maximum absolute atomic E-state index is 13.1. The monoisotopic (exact) mass is 231 g/mol. The first kappa shape index (κ1) is 13.3. The second-order valence-electron chi connectivity index (χ2n) is 5.51. The molecule has 1 saturated carbocycles. The molecule has 1 amide bonds. The van der Waals surface area contributed by atoms with Crippen LogP contribution in [-0.4, -0.2) is 24.4 Å². The molecule has 0 heterocycles. The third kappa shape index (κ3) is 5.33. The molecule has 0 aromatic heterocycles. The number of alkyl carbamates (subject to hydrolysis) is 1. The zero-order valence-corrected chi connectivity index (χ0v) is 10.4. The minimum absolute atomic E-state index is 0.260. The Morgan fingerprint density at radius 1 is 1.44 bits per heavy atom. The summed E-state index contributed by atoms with van der Waals surface area (Å²) < 4.78 is 18.2. The number of ether oxygens (including phenoxy) is 1. The van der Waals surface area contributed by atoms with E-state index in [1.807, 2.05) is 20.8 Å². The summed E-state index contributed by atoms with van der Waals surface area (Å²) in [4.78, 5) is 11.4. The molecule has 2 atom stereocenters. The van der Waals surface area contributed by atoms with Crippen LogP contribution in [0.1, 0.15) is 46.5 Å². The summed E-state index contributed by atoms with van der Waals surface area (Å²) in [5.74, 6) is 0.260. The fraction of sp³-hybridized carbons (Fsp3) is 0.917. The van der Waals surface area contributed by atoms with Crippen LogP contribution in [0.5, 0.6) is 0 Å². The van der Waals surface area contributed by atoms with E-state index >= 15 is 0 Å². The maximum atomic E-state index is 13.1. The highest BCUT2D eigenvalue weighted by Crippen LogP contribution is 2.25. The van der Waals surface area contributed by atoms with Crippen LogP contribution in [0.25, 0.3) is 0 Å². The van der Waals surface area contributed by atoms with Crippen molar-refractivity contribution in [3.05, 3.63) is 0 Å². The van der Waals surface area contributed by atoms with Crippen LogP contribution < -0.4 is 5.32 Å². The zero-order valence-electron chi connectivity index (χ0n) is 10.4. The number of hydrogen-bond acceptors (Lipinski definition) is 2. The third-order valence-corrected chi connectivity index (χ3v) is 2.65. The highest BCUT2D eigenvalue weighted by Gasteiger charge is 2.23. The van der Waals surface area contributed by atoms with Crippen molar-refractivity contribution in [2.45, 2.75) is 58.2 Å². The Bertz CT molecular complexity index is 238. The molecule has 0 aliphatic heterocycles. The summed E-state index contributed by atoms with van der Waals surface area (Å²) in [6.07, 6.45) is 2.05. The van der Waals surface area contributed by atoms with Crippen LogP contribution in [0.3, 0.4) is 0 Å². The van der Waals surface area contributed by atoms with Crippen LogP contribution in [-0.2, 0) is 4.74 Å². The van der Waals surface area contributed by atoms with Gasteiger partial charge in [-0.15, -0.1) is 0 Å². The summed E-state index contributed by atoms with van der Waals surface area (Å²) in [6, 6.07) is 0. The number of carbonyl (C=O) groups is 1. The van der Waals surface area contributed by atoms with Crippen LogP contribution in [0, 0.1) is 5.92 Å². The topological polar surface area (TPSA) is 38.3 Å². The lowest BCUT2D eigenvalue weighted by atomic mass is 9.88. The lowest BCUT2D eigenvalue weighted by Crippen LogP contribution is -2.36. The lowest BCUT2D eigenvalue weighted by molar-refractivity contribution is 0.0509. The first-order chi connectivity index (χ1) is 7.37. The fourth-order valence-corrected chi connectivity index (χ4v) is 1.95. The number of halogens is 1. The largest absolute Gasteiger partial charge is 0.444 e. The first-order valence-electron chi connectivity index (χ1n) is 5.98. The van der Waals surface area contributed by atoms with Crippen molar-refractivity contribution >= 4 is 6.09 Å². The highest BCUT2D eigenvalue weighted by atomic mass is 19.1. The van der Waals surface area contributed by atoms with Gasteiger partial charge in [0.2, 0.25) is 0 Å². The molecule has 0 radical (unpaired) electrons. The molecule has 4 heteroatoms. The summed E-state index contributed by atoms with van der Waals surface area (Å²) >= 11 is 0. The molecule has 0 aromatic carbocycles. The van der Waals surface area contributed by atoms with Crippen LogP contribution >= 0.6 is 0 Å². The van der Waals surface area contributed by atoms with Crippen molar-refractivity contribution in [2.24, 2.45) is 5.92 Å². The summed E-state index contributed by atoms with van der Waals surface area (Å²) in [7, 11) is 0. The Morgan fingerprint density at radius 2 is 2.12 bits per heavy atom. The van der Waals surface area contributed by atoms with Crippen LogP contribution in [0.15, 0.2) is 0 Å². The molecule has 0 spiro atoms. The van der Waals surface area contributed by atoms with E-state index in [1.165, 1.54) is 0 Å². The molecule has 0 saturated heterocycles. The molecule has 1 aliphatic carbocycles. The highest BCUT2D eigenvalue weighted by molar-refractivity contribution is 5.67. The number of carbonyl (C=O) groups excluding carboxylic acids is 1. The van der Waals surface area contributed by atoms with Gasteiger partial charge in [-0.3, -0.25) is 0 Å². The predicted octanol–water partition coefficient (Wildman–Crippen LogP) is 3.04. The minimum atomic E-state index is -0.695. The van der Waals surface area contributed by atoms with Gasteiger partial charge in [0.1, 0.15) is 11.8 Å². The predicted molar refractivity (Wildman–Crippen MR) is 61.1 cm³/mol. The van der Waals surface area contributed by atoms with Gasteiger partial charge >= 0.3 is 6.09 Å². The molecule has 3 nitrogen and oxygen atoms in total. The summed E-state index contributed by atoms with van der Waals surface area (Å²) in [5, 5.41) is 2.70. The van der Waals surface area contributed by atoms with E-state index in [9.17, 15) is 9.18 Å². The Labute approximate surface area is 96.7 Å². The number of hydrogen-bond donors (Lipinski definition) is 1. The molecular formula is C12H22FNO2. The van der Waals surface area contributed by atoms with Crippen LogP contribution in [0.2, 0.25) is 0 Å². The molecule has 0 aromatic rings. The van der Waals surface area contributed by atoms with Gasteiger partial charge < -0.3 is 10.1 Å². The van der Waals surface area contributed by atoms with Gasteiger partial charge in [0.15, 0.2) is 0 Å². The standard InChI is InChI=1S/C12H22FNO2/c1-12(2,3)16-11(15)14-8-9-5-4-6-10(13)7-9/h9-10H,4-8H2,1-3H3,(H,14,15). The van der Waals surface area contributed by atoms with Gasteiger partial charge in [0, 0.05) is 6.54 Å². The molecule has 1 aliphatic rings. The average Bonchev–Trinajstić information content (AvgIpc) is 2.12. The second kappa shape index (κ2) is 5.51. The zero-order chi connectivity index (χ0) is 12.2. The van der Waals surface area contributed by atoms with Crippen molar-refractivity contribution in [3.63, 3.8) is 0 Å². The van der Waals surface area contributed by atoms with E-state index in [0.29, 0.717) is 19.4 Å². The molecule has 94 valence electrons. The van der Waals surface area contributed by atoms with Crippen molar-refractivity contribution < 1.29 is 13.9 Å². The van der Waals surface area contributed by atoms with E-state index in [1.54, 1.807) is 0 Å². The minimum Gasteiger partial charge on any atom is -0.444 e. The quantitative estimate of drug-likeness (QED) is 0.793. The van der Waals surface area contributed by atoms with Crippen molar-refractivity contribution in [1.29, 1.82) is 0 Å². The van der Waals surface area contributed by atoms with Gasteiger partial charge in [0.05, 0.1) is 0 Å². The molecule has 16 heavy (non-hydrogen) atoms. The number of amides is 1. The van der Waals surface area contributed by atoms with E-state index < -0.39 is 17.9 Å². The average molecular weight is 231 g/mol. The summed E-state index contributed by atoms with van der Waals surface area (Å²) in [6.45, 7) is 6.00. The van der Waals surface area contributed by atoms with E-state index in [2.05, 4.69) is 5.32 Å². The molecule has 0 bridgehead atoms. The van der Waals surface area contributed by atoms with Gasteiger partial charge in [-0.2, -0.15) is 0 Å². The van der Waals surface area contributed by atoms with Crippen molar-refractivity contribution in [2.75, 3.05) is 6.54 Å². The Balaban J connectivity index is 2.21. The first-order valence-corrected chi connectivity index (χ1v) is 5.98. The summed E-state index contributed by atoms with van der Waals surface area (Å²) in [5.41, 5.74) is -0.473. The SMILES string of the molecule is CC(C)(C)OC(=O)NCC1CCCC(F)C1. The van der Waals surface area contributed by atoms with E-state index in [4.69, 9.17) is 4.74 Å². The number of nitrogens with one attached hydrogen (secondary N) is 1. The van der Waals surface area contributed by atoms with Gasteiger partial charge in [0.25, 0.3) is 0 Å². The Kier molecular flexibility index (Phi) is 4.56. The molecular weight excluding hydrogens is 209 g/mol. The second-order valence-corrected chi connectivity index (χ2v) is 5.51. The van der Waals surface area contributed by atoms with Crippen molar-refractivity contribution in [1.82, 2.24) is 5.32 Å². The lowest BCUT2D eigenvalue weighted by Gasteiger charge is -2.25. The van der Waals surface area contributed by atoms with Gasteiger partial charge in [-0.1, -0.05) is 6.42 Å². The number of rotatable bonds is 2. The van der Waals surface area contributed by atoms with E-state index in [0.717, 1.165) is 12.8 Å². The molecule has 1 fully saturated rings. The van der Waals surface area contributed by atoms with E-state index in [-0.39, 0.29) is 5.92 Å². The molecule has 2 unspecified atom stereocenters. The smallest absolute Gasteiger partial charge is 0.407 e. The van der Waals surface area contributed by atoms with Gasteiger partial charge in [-0.25, -0.2) is 9.18 Å². The molecule has 1 rings (SSSR count). The Morgan fingerprint density at radius 3 is 2.69 bits per heavy atom. The van der Waals surface area contributed by atoms with Gasteiger partial charge in [-0.05, 0) is 46.0 Å². The molecule has 1 N–H and O–H groups in total. The van der Waals surface area contributed by atoms with Crippen molar-refractivity contribution in [3.8, 4) is 0 Å². The normalized spacial score (nSPS) is 26.2. The maximum Gasteiger partial charge on any atom is 0.407 e.